The molecule has 0 heterocycles. The van der Waals surface area contributed by atoms with E-state index in [1.807, 2.05) is 18.2 Å². The number of nitriles is 1. The summed E-state index contributed by atoms with van der Waals surface area (Å²) in [7, 11) is 0. The third-order valence-corrected chi connectivity index (χ3v) is 4.20. The molecule has 16 heavy (non-hydrogen) atoms. The van der Waals surface area contributed by atoms with Crippen molar-refractivity contribution in [1.82, 2.24) is 0 Å². The predicted octanol–water partition coefficient (Wildman–Crippen LogP) is 2.82. The van der Waals surface area contributed by atoms with Gasteiger partial charge >= 0.3 is 0 Å². The molecule has 0 saturated heterocycles. The van der Waals surface area contributed by atoms with Gasteiger partial charge in [0.05, 0.1) is 17.7 Å². The number of aliphatic hydroxyl groups is 1. The molecule has 1 aliphatic carbocycles. The molecular weight excluding hydrogens is 198 g/mol. The highest BCUT2D eigenvalue weighted by atomic mass is 16.3. The fraction of sp³-hybridized carbons (Fsp3) is 0.500. The Morgan fingerprint density at radius 2 is 2.31 bits per heavy atom. The Hall–Kier alpha value is -1.33. The average molecular weight is 215 g/mol. The average Bonchev–Trinajstić information content (AvgIpc) is 2.34. The Balaban J connectivity index is 2.29. The second kappa shape index (κ2) is 3.92. The van der Waals surface area contributed by atoms with Crippen LogP contribution >= 0.6 is 0 Å². The lowest BCUT2D eigenvalue weighted by Gasteiger charge is -2.51. The van der Waals surface area contributed by atoms with Gasteiger partial charge in [-0.15, -0.1) is 0 Å². The van der Waals surface area contributed by atoms with Gasteiger partial charge in [-0.1, -0.05) is 26.0 Å². The van der Waals surface area contributed by atoms with Crippen molar-refractivity contribution in [2.45, 2.75) is 38.7 Å². The van der Waals surface area contributed by atoms with Crippen molar-refractivity contribution in [3.63, 3.8) is 0 Å². The third kappa shape index (κ3) is 1.52. The van der Waals surface area contributed by atoms with Gasteiger partial charge in [0.15, 0.2) is 0 Å². The Bertz CT molecular complexity index is 435. The van der Waals surface area contributed by atoms with Crippen LogP contribution in [0.1, 0.15) is 43.7 Å². The molecule has 1 aromatic carbocycles. The van der Waals surface area contributed by atoms with Crippen LogP contribution < -0.4 is 0 Å². The van der Waals surface area contributed by atoms with E-state index in [0.717, 1.165) is 12.8 Å². The van der Waals surface area contributed by atoms with E-state index in [2.05, 4.69) is 26.0 Å². The van der Waals surface area contributed by atoms with E-state index in [1.165, 1.54) is 5.56 Å². The van der Waals surface area contributed by atoms with E-state index < -0.39 is 0 Å². The van der Waals surface area contributed by atoms with Crippen molar-refractivity contribution in [2.75, 3.05) is 0 Å². The quantitative estimate of drug-likeness (QED) is 0.824. The van der Waals surface area contributed by atoms with Gasteiger partial charge in [0.2, 0.25) is 0 Å². The molecule has 1 N–H and O–H groups in total. The van der Waals surface area contributed by atoms with Gasteiger partial charge in [-0.3, -0.25) is 0 Å². The van der Waals surface area contributed by atoms with Gasteiger partial charge in [-0.2, -0.15) is 5.26 Å². The van der Waals surface area contributed by atoms with Crippen LogP contribution in [0.5, 0.6) is 0 Å². The summed E-state index contributed by atoms with van der Waals surface area (Å²) < 4.78 is 0. The van der Waals surface area contributed by atoms with Gasteiger partial charge in [-0.05, 0) is 36.5 Å². The molecule has 0 aliphatic heterocycles. The van der Waals surface area contributed by atoms with Gasteiger partial charge in [0.1, 0.15) is 0 Å². The molecule has 2 rings (SSSR count). The Morgan fingerprint density at radius 3 is 2.88 bits per heavy atom. The molecule has 3 unspecified atom stereocenters. The molecule has 1 saturated carbocycles. The van der Waals surface area contributed by atoms with Gasteiger partial charge in [0.25, 0.3) is 0 Å². The first-order valence-corrected chi connectivity index (χ1v) is 5.80. The molecule has 2 heteroatoms. The van der Waals surface area contributed by atoms with E-state index in [0.29, 0.717) is 11.5 Å². The predicted molar refractivity (Wildman–Crippen MR) is 62.9 cm³/mol. The minimum atomic E-state index is -0.201. The molecule has 0 radical (unpaired) electrons. The fourth-order valence-electron chi connectivity index (χ4n) is 2.66. The molecule has 1 aliphatic rings. The van der Waals surface area contributed by atoms with Crippen molar-refractivity contribution in [3.8, 4) is 6.07 Å². The second-order valence-corrected chi connectivity index (χ2v) is 4.90. The molecule has 84 valence electrons. The molecule has 0 spiro atoms. The standard InChI is InChI=1S/C14H17NO/c1-3-14(2)12(8-13(14)16)11-6-4-5-10(7-11)9-15/h4-7,12-13,16H,3,8H2,1-2H3. The highest BCUT2D eigenvalue weighted by Gasteiger charge is 2.49. The van der Waals surface area contributed by atoms with E-state index in [1.54, 1.807) is 0 Å². The largest absolute Gasteiger partial charge is 0.393 e. The van der Waals surface area contributed by atoms with Crippen LogP contribution in [0.3, 0.4) is 0 Å². The summed E-state index contributed by atoms with van der Waals surface area (Å²) in [6.45, 7) is 4.24. The van der Waals surface area contributed by atoms with E-state index >= 15 is 0 Å². The minimum absolute atomic E-state index is 0.0198. The van der Waals surface area contributed by atoms with Crippen LogP contribution in [-0.2, 0) is 0 Å². The number of rotatable bonds is 2. The van der Waals surface area contributed by atoms with Crippen molar-refractivity contribution < 1.29 is 5.11 Å². The lowest BCUT2D eigenvalue weighted by molar-refractivity contribution is -0.0777. The Kier molecular flexibility index (Phi) is 2.73. The summed E-state index contributed by atoms with van der Waals surface area (Å²) in [4.78, 5) is 0. The number of aliphatic hydroxyl groups excluding tert-OH is 1. The summed E-state index contributed by atoms with van der Waals surface area (Å²) in [6.07, 6.45) is 1.59. The lowest BCUT2D eigenvalue weighted by Crippen LogP contribution is -2.49. The summed E-state index contributed by atoms with van der Waals surface area (Å²) in [5.41, 5.74) is 1.87. The van der Waals surface area contributed by atoms with Crippen molar-refractivity contribution in [2.24, 2.45) is 5.41 Å². The number of hydrogen-bond donors (Lipinski definition) is 1. The highest BCUT2D eigenvalue weighted by Crippen LogP contribution is 2.54. The fourth-order valence-corrected chi connectivity index (χ4v) is 2.66. The molecule has 1 aromatic rings. The summed E-state index contributed by atoms with van der Waals surface area (Å²) >= 11 is 0. The molecule has 3 atom stereocenters. The number of nitrogens with zero attached hydrogens (tertiary/aromatic N) is 1. The van der Waals surface area contributed by atoms with Crippen molar-refractivity contribution in [1.29, 1.82) is 5.26 Å². The van der Waals surface area contributed by atoms with E-state index in [9.17, 15) is 5.11 Å². The smallest absolute Gasteiger partial charge is 0.0991 e. The van der Waals surface area contributed by atoms with Crippen molar-refractivity contribution in [3.05, 3.63) is 35.4 Å². The molecule has 0 amide bonds. The number of hydrogen-bond acceptors (Lipinski definition) is 2. The molecule has 0 bridgehead atoms. The zero-order valence-electron chi connectivity index (χ0n) is 9.77. The van der Waals surface area contributed by atoms with Gasteiger partial charge < -0.3 is 5.11 Å². The third-order valence-electron chi connectivity index (χ3n) is 4.20. The van der Waals surface area contributed by atoms with Gasteiger partial charge in [-0.25, -0.2) is 0 Å². The maximum Gasteiger partial charge on any atom is 0.0991 e. The SMILES string of the molecule is CCC1(C)C(O)CC1c1cccc(C#N)c1. The van der Waals surface area contributed by atoms with Crippen molar-refractivity contribution >= 4 is 0 Å². The van der Waals surface area contributed by atoms with Crippen LogP contribution in [0.2, 0.25) is 0 Å². The first-order chi connectivity index (χ1) is 7.61. The van der Waals surface area contributed by atoms with Crippen LogP contribution in [0.15, 0.2) is 24.3 Å². The maximum absolute atomic E-state index is 9.86. The van der Waals surface area contributed by atoms with Crippen LogP contribution in [0, 0.1) is 16.7 Å². The first kappa shape index (κ1) is 11.2. The van der Waals surface area contributed by atoms with Gasteiger partial charge in [0, 0.05) is 5.41 Å². The van der Waals surface area contributed by atoms with Crippen LogP contribution in [0.4, 0.5) is 0 Å². The maximum atomic E-state index is 9.86. The van der Waals surface area contributed by atoms with Crippen LogP contribution in [-0.4, -0.2) is 11.2 Å². The number of benzene rings is 1. The monoisotopic (exact) mass is 215 g/mol. The molecular formula is C14H17NO. The zero-order chi connectivity index (χ0) is 11.8. The highest BCUT2D eigenvalue weighted by molar-refractivity contribution is 5.36. The minimum Gasteiger partial charge on any atom is -0.393 e. The van der Waals surface area contributed by atoms with Crippen LogP contribution in [0.25, 0.3) is 0 Å². The molecule has 2 nitrogen and oxygen atoms in total. The molecule has 0 aromatic heterocycles. The summed E-state index contributed by atoms with van der Waals surface area (Å²) in [6, 6.07) is 9.92. The normalized spacial score (nSPS) is 32.9. The first-order valence-electron chi connectivity index (χ1n) is 5.80. The lowest BCUT2D eigenvalue weighted by atomic mass is 9.55. The topological polar surface area (TPSA) is 44.0 Å². The molecule has 1 fully saturated rings. The summed E-state index contributed by atoms with van der Waals surface area (Å²) in [5.74, 6) is 0.390. The Morgan fingerprint density at radius 1 is 1.56 bits per heavy atom. The van der Waals surface area contributed by atoms with E-state index in [-0.39, 0.29) is 11.5 Å². The summed E-state index contributed by atoms with van der Waals surface area (Å²) in [5, 5.41) is 18.7. The second-order valence-electron chi connectivity index (χ2n) is 4.90. The zero-order valence-corrected chi connectivity index (χ0v) is 9.77. The Labute approximate surface area is 96.5 Å². The van der Waals surface area contributed by atoms with E-state index in [4.69, 9.17) is 5.26 Å².